The zero-order chi connectivity index (χ0) is 15.1. The average molecular weight is 297 g/mol. The standard InChI is InChI=1S/C14H19NO4S/c1-9-4-5-13(10(2)6-9)20(18,19)15-7-12(8-15)11(3)14(16)17/h4-6,11-12H,7-8H2,1-3H3,(H,16,17). The van der Waals surface area contributed by atoms with E-state index in [9.17, 15) is 13.2 Å². The van der Waals surface area contributed by atoms with Crippen molar-refractivity contribution in [1.82, 2.24) is 4.31 Å². The van der Waals surface area contributed by atoms with E-state index in [0.29, 0.717) is 4.90 Å². The maximum atomic E-state index is 12.5. The Bertz CT molecular complexity index is 633. The van der Waals surface area contributed by atoms with E-state index in [-0.39, 0.29) is 19.0 Å². The third-order valence-electron chi connectivity index (χ3n) is 3.92. The summed E-state index contributed by atoms with van der Waals surface area (Å²) in [6, 6.07) is 5.23. The molecule has 0 bridgehead atoms. The summed E-state index contributed by atoms with van der Waals surface area (Å²) in [6.45, 7) is 5.87. The molecule has 1 heterocycles. The van der Waals surface area contributed by atoms with Crippen LogP contribution in [0.1, 0.15) is 18.1 Å². The summed E-state index contributed by atoms with van der Waals surface area (Å²) in [6.07, 6.45) is 0. The Morgan fingerprint density at radius 2 is 1.95 bits per heavy atom. The number of aliphatic carboxylic acids is 1. The summed E-state index contributed by atoms with van der Waals surface area (Å²) in [4.78, 5) is 11.2. The van der Waals surface area contributed by atoms with Crippen LogP contribution in [-0.2, 0) is 14.8 Å². The molecule has 5 nitrogen and oxygen atoms in total. The lowest BCUT2D eigenvalue weighted by molar-refractivity contribution is -0.144. The van der Waals surface area contributed by atoms with Crippen molar-refractivity contribution in [3.8, 4) is 0 Å². The number of carboxylic acid groups (broad SMARTS) is 1. The first-order valence-corrected chi connectivity index (χ1v) is 7.97. The number of nitrogens with zero attached hydrogens (tertiary/aromatic N) is 1. The molecule has 0 saturated carbocycles. The molecule has 1 saturated heterocycles. The monoisotopic (exact) mass is 297 g/mol. The van der Waals surface area contributed by atoms with Gasteiger partial charge in [-0.3, -0.25) is 4.79 Å². The normalized spacial score (nSPS) is 18.6. The summed E-state index contributed by atoms with van der Waals surface area (Å²) >= 11 is 0. The molecule has 2 rings (SSSR count). The van der Waals surface area contributed by atoms with Gasteiger partial charge >= 0.3 is 5.97 Å². The SMILES string of the molecule is Cc1ccc(S(=O)(=O)N2CC(C(C)C(=O)O)C2)c(C)c1. The van der Waals surface area contributed by atoms with Gasteiger partial charge in [-0.15, -0.1) is 0 Å². The molecule has 0 radical (unpaired) electrons. The quantitative estimate of drug-likeness (QED) is 0.917. The molecular formula is C14H19NO4S. The molecule has 1 aliphatic rings. The molecule has 1 N–H and O–H groups in total. The summed E-state index contributed by atoms with van der Waals surface area (Å²) in [7, 11) is -3.50. The van der Waals surface area contributed by atoms with Crippen LogP contribution in [-0.4, -0.2) is 36.9 Å². The van der Waals surface area contributed by atoms with Crippen LogP contribution >= 0.6 is 0 Å². The Kier molecular flexibility index (Phi) is 3.88. The van der Waals surface area contributed by atoms with E-state index in [1.165, 1.54) is 4.31 Å². The second kappa shape index (κ2) is 5.18. The van der Waals surface area contributed by atoms with Crippen LogP contribution in [0.4, 0.5) is 0 Å². The Balaban J connectivity index is 2.16. The Labute approximate surface area is 119 Å². The van der Waals surface area contributed by atoms with E-state index in [0.717, 1.165) is 11.1 Å². The van der Waals surface area contributed by atoms with Crippen LogP contribution in [0.2, 0.25) is 0 Å². The number of benzene rings is 1. The second-order valence-electron chi connectivity index (χ2n) is 5.48. The van der Waals surface area contributed by atoms with Gasteiger partial charge in [0, 0.05) is 13.1 Å². The number of rotatable bonds is 4. The molecule has 0 spiro atoms. The van der Waals surface area contributed by atoms with E-state index in [1.807, 2.05) is 13.0 Å². The van der Waals surface area contributed by atoms with E-state index >= 15 is 0 Å². The molecule has 20 heavy (non-hydrogen) atoms. The predicted octanol–water partition coefficient (Wildman–Crippen LogP) is 1.64. The molecule has 0 aromatic heterocycles. The van der Waals surface area contributed by atoms with Gasteiger partial charge in [0.2, 0.25) is 10.0 Å². The first-order valence-electron chi connectivity index (χ1n) is 6.53. The Hall–Kier alpha value is -1.40. The van der Waals surface area contributed by atoms with E-state index in [4.69, 9.17) is 5.11 Å². The van der Waals surface area contributed by atoms with Crippen molar-refractivity contribution in [3.63, 3.8) is 0 Å². The van der Waals surface area contributed by atoms with Crippen molar-refractivity contribution in [1.29, 1.82) is 0 Å². The molecule has 0 aliphatic carbocycles. The summed E-state index contributed by atoms with van der Waals surface area (Å²) in [5.74, 6) is -1.49. The third-order valence-corrected chi connectivity index (χ3v) is 5.91. The Morgan fingerprint density at radius 1 is 1.35 bits per heavy atom. The number of carbonyl (C=O) groups is 1. The number of sulfonamides is 1. The van der Waals surface area contributed by atoms with Crippen molar-refractivity contribution < 1.29 is 18.3 Å². The topological polar surface area (TPSA) is 74.7 Å². The van der Waals surface area contributed by atoms with Crippen molar-refractivity contribution in [2.24, 2.45) is 11.8 Å². The minimum absolute atomic E-state index is 0.104. The predicted molar refractivity (Wildman–Crippen MR) is 75.0 cm³/mol. The van der Waals surface area contributed by atoms with Gasteiger partial charge in [-0.25, -0.2) is 8.42 Å². The highest BCUT2D eigenvalue weighted by Crippen LogP contribution is 2.31. The molecule has 110 valence electrons. The van der Waals surface area contributed by atoms with E-state index in [2.05, 4.69) is 0 Å². The lowest BCUT2D eigenvalue weighted by atomic mass is 9.89. The lowest BCUT2D eigenvalue weighted by Crippen LogP contribution is -2.53. The summed E-state index contributed by atoms with van der Waals surface area (Å²) < 4.78 is 26.3. The van der Waals surface area contributed by atoms with Crippen molar-refractivity contribution in [2.45, 2.75) is 25.7 Å². The van der Waals surface area contributed by atoms with Crippen LogP contribution in [0.3, 0.4) is 0 Å². The number of carboxylic acids is 1. The molecule has 1 aromatic carbocycles. The van der Waals surface area contributed by atoms with Crippen LogP contribution in [0.25, 0.3) is 0 Å². The Morgan fingerprint density at radius 3 is 2.45 bits per heavy atom. The summed E-state index contributed by atoms with van der Waals surface area (Å²) in [5, 5.41) is 8.93. The largest absolute Gasteiger partial charge is 0.481 e. The van der Waals surface area contributed by atoms with Crippen molar-refractivity contribution in [3.05, 3.63) is 29.3 Å². The van der Waals surface area contributed by atoms with Gasteiger partial charge in [0.25, 0.3) is 0 Å². The van der Waals surface area contributed by atoms with Gasteiger partial charge in [0.1, 0.15) is 0 Å². The molecular weight excluding hydrogens is 278 g/mol. The highest BCUT2D eigenvalue weighted by molar-refractivity contribution is 7.89. The minimum atomic E-state index is -3.50. The van der Waals surface area contributed by atoms with Crippen LogP contribution in [0.5, 0.6) is 0 Å². The number of aryl methyl sites for hydroxylation is 2. The minimum Gasteiger partial charge on any atom is -0.481 e. The van der Waals surface area contributed by atoms with E-state index in [1.54, 1.807) is 26.0 Å². The first kappa shape index (κ1) is 15.0. The number of hydrogen-bond donors (Lipinski definition) is 1. The smallest absolute Gasteiger partial charge is 0.306 e. The van der Waals surface area contributed by atoms with Gasteiger partial charge in [0.15, 0.2) is 0 Å². The van der Waals surface area contributed by atoms with Gasteiger partial charge in [-0.05, 0) is 31.4 Å². The zero-order valence-electron chi connectivity index (χ0n) is 11.8. The van der Waals surface area contributed by atoms with E-state index < -0.39 is 21.9 Å². The molecule has 1 aliphatic heterocycles. The van der Waals surface area contributed by atoms with Crippen LogP contribution in [0, 0.1) is 25.7 Å². The molecule has 1 fully saturated rings. The van der Waals surface area contributed by atoms with Crippen molar-refractivity contribution >= 4 is 16.0 Å². The second-order valence-corrected chi connectivity index (χ2v) is 7.38. The average Bonchev–Trinajstić information content (AvgIpc) is 2.25. The fraction of sp³-hybridized carbons (Fsp3) is 0.500. The highest BCUT2D eigenvalue weighted by atomic mass is 32.2. The maximum Gasteiger partial charge on any atom is 0.306 e. The lowest BCUT2D eigenvalue weighted by Gasteiger charge is -2.40. The first-order chi connectivity index (χ1) is 9.23. The fourth-order valence-electron chi connectivity index (χ4n) is 2.41. The van der Waals surface area contributed by atoms with Crippen LogP contribution < -0.4 is 0 Å². The molecule has 0 amide bonds. The number of hydrogen-bond acceptors (Lipinski definition) is 3. The fourth-order valence-corrected chi connectivity index (χ4v) is 4.17. The van der Waals surface area contributed by atoms with Crippen LogP contribution in [0.15, 0.2) is 23.1 Å². The van der Waals surface area contributed by atoms with Gasteiger partial charge in [-0.2, -0.15) is 4.31 Å². The van der Waals surface area contributed by atoms with Crippen molar-refractivity contribution in [2.75, 3.05) is 13.1 Å². The summed E-state index contributed by atoms with van der Waals surface area (Å²) in [5.41, 5.74) is 1.74. The molecule has 1 aromatic rings. The third kappa shape index (κ3) is 2.58. The van der Waals surface area contributed by atoms with Gasteiger partial charge in [-0.1, -0.05) is 24.6 Å². The molecule has 6 heteroatoms. The van der Waals surface area contributed by atoms with Gasteiger partial charge < -0.3 is 5.11 Å². The highest BCUT2D eigenvalue weighted by Gasteiger charge is 2.41. The van der Waals surface area contributed by atoms with Gasteiger partial charge in [0.05, 0.1) is 10.8 Å². The zero-order valence-corrected chi connectivity index (χ0v) is 12.6. The maximum absolute atomic E-state index is 12.5. The molecule has 1 atom stereocenters. The molecule has 1 unspecified atom stereocenters.